The number of carbonyl (C=O) groups excluding carboxylic acids is 1. The Morgan fingerprint density at radius 3 is 2.28 bits per heavy atom. The molecule has 158 valence electrons. The Hall–Kier alpha value is -2.44. The molecule has 0 atom stereocenters. The largest absolute Gasteiger partial charge is 0.573 e. The Kier molecular flexibility index (Phi) is 6.24. The fourth-order valence-corrected chi connectivity index (χ4v) is 4.60. The van der Waals surface area contributed by atoms with Gasteiger partial charge in [-0.25, -0.2) is 0 Å². The Labute approximate surface area is 168 Å². The molecule has 1 heterocycles. The lowest BCUT2D eigenvalue weighted by Gasteiger charge is -2.25. The van der Waals surface area contributed by atoms with Crippen LogP contribution in [0.25, 0.3) is 11.1 Å². The third-order valence-corrected chi connectivity index (χ3v) is 5.74. The molecule has 1 saturated carbocycles. The monoisotopic (exact) mass is 408 g/mol. The van der Waals surface area contributed by atoms with E-state index in [4.69, 9.17) is 5.73 Å². The van der Waals surface area contributed by atoms with Crippen LogP contribution in [0, 0.1) is 13.8 Å². The van der Waals surface area contributed by atoms with Crippen LogP contribution in [-0.4, -0.2) is 16.8 Å². The highest BCUT2D eigenvalue weighted by atomic mass is 19.4. The van der Waals surface area contributed by atoms with Gasteiger partial charge in [-0.1, -0.05) is 44.2 Å². The summed E-state index contributed by atoms with van der Waals surface area (Å²) in [6.45, 7) is 3.77. The number of ether oxygens (including phenoxy) is 1. The first kappa shape index (κ1) is 21.3. The third-order valence-electron chi connectivity index (χ3n) is 5.74. The molecule has 0 bridgehead atoms. The first-order valence-electron chi connectivity index (χ1n) is 10.1. The normalized spacial score (nSPS) is 16.3. The molecular weight excluding hydrogens is 381 g/mol. The van der Waals surface area contributed by atoms with E-state index in [-0.39, 0.29) is 11.8 Å². The zero-order chi connectivity index (χ0) is 21.2. The maximum absolute atomic E-state index is 12.6. The van der Waals surface area contributed by atoms with Crippen molar-refractivity contribution >= 4 is 5.91 Å². The van der Waals surface area contributed by atoms with Gasteiger partial charge < -0.3 is 15.0 Å². The summed E-state index contributed by atoms with van der Waals surface area (Å²) in [4.78, 5) is 12.3. The van der Waals surface area contributed by atoms with Gasteiger partial charge in [0.2, 0.25) is 0 Å². The zero-order valence-corrected chi connectivity index (χ0v) is 16.8. The van der Waals surface area contributed by atoms with Crippen LogP contribution in [0.3, 0.4) is 0 Å². The summed E-state index contributed by atoms with van der Waals surface area (Å²) in [5, 5.41) is 0. The molecule has 2 N–H and O–H groups in total. The summed E-state index contributed by atoms with van der Waals surface area (Å²) in [6, 6.07) is 5.99. The Bertz CT molecular complexity index is 879. The number of rotatable bonds is 4. The lowest BCUT2D eigenvalue weighted by atomic mass is 9.96. The second-order valence-corrected chi connectivity index (χ2v) is 7.73. The van der Waals surface area contributed by atoms with Crippen LogP contribution in [0.5, 0.6) is 5.75 Å². The summed E-state index contributed by atoms with van der Waals surface area (Å²) in [5.41, 5.74) is 8.77. The van der Waals surface area contributed by atoms with Crippen molar-refractivity contribution < 1.29 is 22.7 Å². The van der Waals surface area contributed by atoms with E-state index < -0.39 is 12.3 Å². The molecule has 1 aromatic heterocycles. The first-order valence-corrected chi connectivity index (χ1v) is 10.1. The van der Waals surface area contributed by atoms with Crippen LogP contribution in [0.1, 0.15) is 72.7 Å². The van der Waals surface area contributed by atoms with E-state index in [1.54, 1.807) is 6.07 Å². The molecule has 2 aromatic rings. The molecule has 0 radical (unpaired) electrons. The average molecular weight is 408 g/mol. The minimum absolute atomic E-state index is 0.261. The molecule has 0 saturated heterocycles. The van der Waals surface area contributed by atoms with Gasteiger partial charge in [0.1, 0.15) is 5.75 Å². The van der Waals surface area contributed by atoms with E-state index >= 15 is 0 Å². The highest BCUT2D eigenvalue weighted by Crippen LogP contribution is 2.39. The minimum atomic E-state index is -4.78. The van der Waals surface area contributed by atoms with Gasteiger partial charge in [0.15, 0.2) is 0 Å². The van der Waals surface area contributed by atoms with Crippen molar-refractivity contribution in [3.63, 3.8) is 0 Å². The number of nitrogens with two attached hydrogens (primary N) is 1. The number of nitrogens with zero attached hydrogens (tertiary/aromatic N) is 1. The lowest BCUT2D eigenvalue weighted by Crippen LogP contribution is -2.17. The van der Waals surface area contributed by atoms with Crippen molar-refractivity contribution in [2.75, 3.05) is 0 Å². The Balaban J connectivity index is 2.09. The number of alkyl halides is 3. The van der Waals surface area contributed by atoms with Crippen molar-refractivity contribution in [1.29, 1.82) is 0 Å². The van der Waals surface area contributed by atoms with Gasteiger partial charge in [-0.05, 0) is 44.4 Å². The predicted molar refractivity (Wildman–Crippen MR) is 106 cm³/mol. The second-order valence-electron chi connectivity index (χ2n) is 7.73. The predicted octanol–water partition coefficient (Wildman–Crippen LogP) is 6.05. The molecule has 7 heteroatoms. The molecule has 29 heavy (non-hydrogen) atoms. The third kappa shape index (κ3) is 4.77. The van der Waals surface area contributed by atoms with Gasteiger partial charge in [0.25, 0.3) is 5.91 Å². The van der Waals surface area contributed by atoms with Crippen LogP contribution in [-0.2, 0) is 0 Å². The quantitative estimate of drug-likeness (QED) is 0.669. The standard InChI is InChI=1S/C22H27F3N2O2/c1-14-19(16-9-8-12-18(13-16)29-22(23,24)25)20(21(26)28)15(2)27(14)17-10-6-4-3-5-7-11-17/h8-9,12-13,17H,3-7,10-11H2,1-2H3,(H2,26,28). The van der Waals surface area contributed by atoms with Crippen LogP contribution in [0.2, 0.25) is 0 Å². The maximum atomic E-state index is 12.6. The minimum Gasteiger partial charge on any atom is -0.406 e. The van der Waals surface area contributed by atoms with Crippen molar-refractivity contribution in [2.24, 2.45) is 5.73 Å². The molecule has 0 spiro atoms. The van der Waals surface area contributed by atoms with E-state index in [1.165, 1.54) is 37.5 Å². The van der Waals surface area contributed by atoms with Crippen LogP contribution in [0.15, 0.2) is 24.3 Å². The number of benzene rings is 1. The Morgan fingerprint density at radius 1 is 1.07 bits per heavy atom. The molecule has 1 fully saturated rings. The second kappa shape index (κ2) is 8.51. The summed E-state index contributed by atoms with van der Waals surface area (Å²) >= 11 is 0. The highest BCUT2D eigenvalue weighted by Gasteiger charge is 2.32. The Morgan fingerprint density at radius 2 is 1.69 bits per heavy atom. The van der Waals surface area contributed by atoms with Crippen LogP contribution in [0.4, 0.5) is 13.2 Å². The van der Waals surface area contributed by atoms with Gasteiger partial charge in [-0.15, -0.1) is 13.2 Å². The van der Waals surface area contributed by atoms with E-state index in [1.807, 2.05) is 13.8 Å². The van der Waals surface area contributed by atoms with E-state index in [9.17, 15) is 18.0 Å². The van der Waals surface area contributed by atoms with Gasteiger partial charge in [0, 0.05) is 23.0 Å². The number of hydrogen-bond acceptors (Lipinski definition) is 2. The van der Waals surface area contributed by atoms with Crippen LogP contribution < -0.4 is 10.5 Å². The van der Waals surface area contributed by atoms with E-state index in [0.717, 1.165) is 37.1 Å². The van der Waals surface area contributed by atoms with Crippen molar-refractivity contribution in [3.8, 4) is 16.9 Å². The maximum Gasteiger partial charge on any atom is 0.573 e. The molecular formula is C22H27F3N2O2. The fraction of sp³-hybridized carbons (Fsp3) is 0.500. The topological polar surface area (TPSA) is 57.3 Å². The van der Waals surface area contributed by atoms with Crippen LogP contribution >= 0.6 is 0 Å². The number of carbonyl (C=O) groups is 1. The number of hydrogen-bond donors (Lipinski definition) is 1. The van der Waals surface area contributed by atoms with E-state index in [0.29, 0.717) is 16.7 Å². The number of aromatic nitrogens is 1. The average Bonchev–Trinajstić information content (AvgIpc) is 2.85. The fourth-order valence-electron chi connectivity index (χ4n) is 4.60. The lowest BCUT2D eigenvalue weighted by molar-refractivity contribution is -0.274. The molecule has 3 rings (SSSR count). The molecule has 0 unspecified atom stereocenters. The van der Waals surface area contributed by atoms with Gasteiger partial charge >= 0.3 is 6.36 Å². The first-order chi connectivity index (χ1) is 13.7. The van der Waals surface area contributed by atoms with Crippen molar-refractivity contribution in [3.05, 3.63) is 41.2 Å². The van der Waals surface area contributed by atoms with Gasteiger partial charge in [-0.3, -0.25) is 4.79 Å². The number of halogens is 3. The zero-order valence-electron chi connectivity index (χ0n) is 16.8. The molecule has 1 aliphatic carbocycles. The summed E-state index contributed by atoms with van der Waals surface area (Å²) in [6.07, 6.45) is 3.15. The number of primary amides is 1. The van der Waals surface area contributed by atoms with Gasteiger partial charge in [-0.2, -0.15) is 0 Å². The summed E-state index contributed by atoms with van der Waals surface area (Å²) in [7, 11) is 0. The van der Waals surface area contributed by atoms with Gasteiger partial charge in [0.05, 0.1) is 5.56 Å². The summed E-state index contributed by atoms with van der Waals surface area (Å²) < 4.78 is 44.2. The molecule has 1 aliphatic rings. The number of amides is 1. The smallest absolute Gasteiger partial charge is 0.406 e. The SMILES string of the molecule is Cc1c(C(N)=O)c(-c2cccc(OC(F)(F)F)c2)c(C)n1C1CCCCCCC1. The highest BCUT2D eigenvalue weighted by molar-refractivity contribution is 6.02. The van der Waals surface area contributed by atoms with E-state index in [2.05, 4.69) is 9.30 Å². The summed E-state index contributed by atoms with van der Waals surface area (Å²) in [5.74, 6) is -0.895. The molecule has 1 aromatic carbocycles. The molecule has 0 aliphatic heterocycles. The van der Waals surface area contributed by atoms with Crippen molar-refractivity contribution in [2.45, 2.75) is 71.2 Å². The van der Waals surface area contributed by atoms with Crippen molar-refractivity contribution in [1.82, 2.24) is 4.57 Å². The molecule has 1 amide bonds. The molecule has 4 nitrogen and oxygen atoms in total.